The van der Waals surface area contributed by atoms with Crippen LogP contribution in [0.3, 0.4) is 0 Å². The van der Waals surface area contributed by atoms with Crippen LogP contribution in [0.25, 0.3) is 0 Å². The molecule has 0 saturated carbocycles. The van der Waals surface area contributed by atoms with Gasteiger partial charge in [0.2, 0.25) is 0 Å². The third-order valence-electron chi connectivity index (χ3n) is 12.3. The highest BCUT2D eigenvalue weighted by atomic mass is 16.5. The van der Waals surface area contributed by atoms with E-state index >= 15 is 0 Å². The highest BCUT2D eigenvalue weighted by Gasteiger charge is 2.27. The number of nitrogens with one attached hydrogen (secondary N) is 5. The van der Waals surface area contributed by atoms with Crippen molar-refractivity contribution in [1.29, 1.82) is 0 Å². The minimum Gasteiger partial charge on any atom is -0.871 e. The quantitative estimate of drug-likeness (QED) is 0.0592. The Balaban J connectivity index is 0.000000471. The summed E-state index contributed by atoms with van der Waals surface area (Å²) in [7, 11) is 5.25. The van der Waals surface area contributed by atoms with Crippen LogP contribution < -0.4 is 50.6 Å². The van der Waals surface area contributed by atoms with E-state index in [0.717, 1.165) is 0 Å². The molecule has 0 radical (unpaired) electrons. The number of methoxy groups -OCH3 is 4. The fraction of sp³-hybridized carbons (Fsp3) is 0.364. The van der Waals surface area contributed by atoms with Crippen LogP contribution in [0.15, 0.2) is 91.0 Å². The monoisotopic (exact) mass is 972 g/mol. The molecule has 5 amide bonds. The van der Waals surface area contributed by atoms with Crippen molar-refractivity contribution in [3.63, 3.8) is 0 Å². The van der Waals surface area contributed by atoms with Crippen LogP contribution in [0, 0.1) is 0 Å². The van der Waals surface area contributed by atoms with Gasteiger partial charge in [0.1, 0.15) is 0 Å². The van der Waals surface area contributed by atoms with E-state index in [0.29, 0.717) is 0 Å². The Morgan fingerprint density at radius 3 is 0.845 bits per heavy atom. The molecular weight excluding hydrogens is 905 g/mol. The van der Waals surface area contributed by atoms with Gasteiger partial charge in [-0.1, -0.05) is 89.5 Å². The van der Waals surface area contributed by atoms with Gasteiger partial charge in [0.25, 0.3) is 29.5 Å². The molecule has 0 aliphatic carbocycles. The minimum atomic E-state index is -0.848. The SMILES string of the molecule is CCCC[N+](CCCC)(CCCC)CCCC.COc1c2cccc1C(=O)Nc1cccc(c1OC)C(=O)Nc1cccc(c1OC)C(=O)Nc1cccc(c1OC)C(=O)Nc1cccc(c1[O-])C(=O)N2. The molecule has 378 valence electrons. The third-order valence-corrected chi connectivity index (χ3v) is 12.3. The largest absolute Gasteiger partial charge is 0.871 e. The maximum atomic E-state index is 13.7. The molecule has 0 saturated heterocycles. The predicted octanol–water partition coefficient (Wildman–Crippen LogP) is 10.4. The second-order valence-electron chi connectivity index (χ2n) is 17.1. The number of fused-ring (bicyclic) bond motifs is 10. The summed E-state index contributed by atoms with van der Waals surface area (Å²) in [5.41, 5.74) is -0.0966. The van der Waals surface area contributed by atoms with Gasteiger partial charge in [-0.3, -0.25) is 24.0 Å². The van der Waals surface area contributed by atoms with E-state index < -0.39 is 35.3 Å². The molecule has 0 spiro atoms. The molecule has 0 unspecified atom stereocenters. The molecule has 0 atom stereocenters. The summed E-state index contributed by atoms with van der Waals surface area (Å²) in [6.07, 6.45) is 11.1. The molecule has 5 N–H and O–H groups in total. The zero-order chi connectivity index (χ0) is 51.5. The summed E-state index contributed by atoms with van der Waals surface area (Å²) in [5.74, 6) is -4.46. The minimum absolute atomic E-state index is 0.00269. The van der Waals surface area contributed by atoms with Crippen molar-refractivity contribution in [1.82, 2.24) is 0 Å². The molecule has 0 aromatic heterocycles. The fourth-order valence-corrected chi connectivity index (χ4v) is 8.54. The molecular formula is C55H68N6O10. The van der Waals surface area contributed by atoms with Crippen LogP contribution >= 0.6 is 0 Å². The van der Waals surface area contributed by atoms with Crippen LogP contribution in [0.4, 0.5) is 28.4 Å². The highest BCUT2D eigenvalue weighted by Crippen LogP contribution is 2.37. The van der Waals surface area contributed by atoms with E-state index in [4.69, 9.17) is 18.9 Å². The Bertz CT molecular complexity index is 2630. The molecule has 5 aromatic carbocycles. The number of carbonyl (C=O) groups excluding carboxylic acids is 5. The van der Waals surface area contributed by atoms with Gasteiger partial charge < -0.3 is 55.1 Å². The second-order valence-corrected chi connectivity index (χ2v) is 17.1. The summed E-state index contributed by atoms with van der Waals surface area (Å²) in [6, 6.07) is 21.9. The highest BCUT2D eigenvalue weighted by molar-refractivity contribution is 6.16. The van der Waals surface area contributed by atoms with Crippen LogP contribution in [-0.4, -0.2) is 88.6 Å². The molecule has 1 aliphatic rings. The lowest BCUT2D eigenvalue weighted by Crippen LogP contribution is -2.50. The number of ether oxygens (including phenoxy) is 4. The van der Waals surface area contributed by atoms with E-state index in [2.05, 4.69) is 54.3 Å². The molecule has 10 bridgehead atoms. The maximum absolute atomic E-state index is 13.7. The molecule has 71 heavy (non-hydrogen) atoms. The average Bonchev–Trinajstić information content (AvgIpc) is 3.38. The van der Waals surface area contributed by atoms with Crippen LogP contribution in [0.2, 0.25) is 0 Å². The number of quaternary nitrogens is 1. The number of rotatable bonds is 16. The van der Waals surface area contributed by atoms with Gasteiger partial charge in [0, 0.05) is 11.3 Å². The van der Waals surface area contributed by atoms with Crippen LogP contribution in [-0.2, 0) is 0 Å². The van der Waals surface area contributed by atoms with Gasteiger partial charge in [-0.2, -0.15) is 0 Å². The predicted molar refractivity (Wildman–Crippen MR) is 277 cm³/mol. The maximum Gasteiger partial charge on any atom is 0.259 e. The average molecular weight is 973 g/mol. The van der Waals surface area contributed by atoms with E-state index in [1.54, 1.807) is 0 Å². The zero-order valence-corrected chi connectivity index (χ0v) is 42.2. The number of unbranched alkanes of at least 4 members (excludes halogenated alkanes) is 4. The topological polar surface area (TPSA) is 205 Å². The molecule has 6 rings (SSSR count). The Labute approximate surface area is 417 Å². The summed E-state index contributed by atoms with van der Waals surface area (Å²) in [6.45, 7) is 15.0. The summed E-state index contributed by atoms with van der Waals surface area (Å²) >= 11 is 0. The molecule has 5 aromatic rings. The standard InChI is InChI=1S/C39H33N5O10.C16H36N/c1-51-31-21-11-6-17-27(31)42-38(49)23-13-8-19-29(33(23)53-3)44-39(50)24-14-9-18-28(34(24)54-4)43-37(48)22-12-7-16-26(32(22)52-2)41-35(46)20-10-5-15-25(30(20)45)40-36(21)47;1-5-9-13-17(14-10-6-2,15-11-7-3)16-12-8-4/h5-19,45H,1-4H3,(H,40,47)(H,41,46)(H,42,49)(H,43,48)(H,44,50);5-16H2,1-4H3/q;+1/p-1. The smallest absolute Gasteiger partial charge is 0.259 e. The van der Waals surface area contributed by atoms with Crippen molar-refractivity contribution in [3.05, 3.63) is 119 Å². The van der Waals surface area contributed by atoms with Crippen LogP contribution in [0.1, 0.15) is 131 Å². The lowest BCUT2D eigenvalue weighted by molar-refractivity contribution is -0.929. The molecule has 1 aliphatic heterocycles. The van der Waals surface area contributed by atoms with E-state index in [1.165, 1.54) is 201 Å². The summed E-state index contributed by atoms with van der Waals surface area (Å²) in [4.78, 5) is 68.2. The normalized spacial score (nSPS) is 12.8. The van der Waals surface area contributed by atoms with Crippen molar-refractivity contribution in [2.24, 2.45) is 0 Å². The van der Waals surface area contributed by atoms with Gasteiger partial charge in [-0.25, -0.2) is 0 Å². The van der Waals surface area contributed by atoms with Crippen molar-refractivity contribution in [2.45, 2.75) is 79.1 Å². The van der Waals surface area contributed by atoms with E-state index in [1.807, 2.05) is 0 Å². The van der Waals surface area contributed by atoms with Gasteiger partial charge in [-0.05, 0) is 86.3 Å². The summed E-state index contributed by atoms with van der Waals surface area (Å²) < 4.78 is 23.6. The molecule has 0 fully saturated rings. The number of para-hydroxylation sites is 5. The zero-order valence-electron chi connectivity index (χ0n) is 42.2. The Hall–Kier alpha value is -7.59. The Morgan fingerprint density at radius 2 is 0.592 bits per heavy atom. The summed E-state index contributed by atoms with van der Waals surface area (Å²) in [5, 5.41) is 26.8. The van der Waals surface area contributed by atoms with Crippen molar-refractivity contribution in [2.75, 3.05) is 81.2 Å². The number of benzene rings is 5. The van der Waals surface area contributed by atoms with Crippen molar-refractivity contribution in [3.8, 4) is 28.7 Å². The number of amides is 5. The second kappa shape index (κ2) is 26.4. The van der Waals surface area contributed by atoms with E-state index in [9.17, 15) is 29.1 Å². The van der Waals surface area contributed by atoms with Gasteiger partial charge in [-0.15, -0.1) is 0 Å². The molecule has 16 heteroatoms. The fourth-order valence-electron chi connectivity index (χ4n) is 8.54. The first-order chi connectivity index (χ1) is 34.3. The Kier molecular flexibility index (Phi) is 20.2. The number of anilines is 5. The number of hydrogen-bond donors (Lipinski definition) is 5. The number of carbonyl (C=O) groups is 5. The van der Waals surface area contributed by atoms with Gasteiger partial charge in [0.05, 0.1) is 99.6 Å². The lowest BCUT2D eigenvalue weighted by atomic mass is 10.1. The first-order valence-corrected chi connectivity index (χ1v) is 24.2. The Morgan fingerprint density at radius 1 is 0.366 bits per heavy atom. The molecule has 16 nitrogen and oxygen atoms in total. The molecule has 1 heterocycles. The first kappa shape index (κ1) is 54.4. The van der Waals surface area contributed by atoms with Crippen molar-refractivity contribution >= 4 is 58.0 Å². The van der Waals surface area contributed by atoms with Crippen LogP contribution in [0.5, 0.6) is 28.7 Å². The van der Waals surface area contributed by atoms with E-state index in [-0.39, 0.29) is 79.3 Å². The van der Waals surface area contributed by atoms with Gasteiger partial charge >= 0.3 is 0 Å². The number of nitrogens with zero attached hydrogens (tertiary/aromatic N) is 1. The first-order valence-electron chi connectivity index (χ1n) is 24.2. The van der Waals surface area contributed by atoms with Gasteiger partial charge in [0.15, 0.2) is 23.0 Å². The number of hydrogen-bond acceptors (Lipinski definition) is 10. The third kappa shape index (κ3) is 13.4. The van der Waals surface area contributed by atoms with Crippen molar-refractivity contribution < 1.29 is 52.5 Å². The lowest BCUT2D eigenvalue weighted by Gasteiger charge is -2.39.